The van der Waals surface area contributed by atoms with Gasteiger partial charge in [-0.15, -0.1) is 11.8 Å². The maximum atomic E-state index is 13.1. The van der Waals surface area contributed by atoms with Crippen molar-refractivity contribution in [1.82, 2.24) is 24.6 Å². The van der Waals surface area contributed by atoms with Crippen molar-refractivity contribution in [2.45, 2.75) is 31.6 Å². The quantitative estimate of drug-likeness (QED) is 0.232. The first-order chi connectivity index (χ1) is 20.0. The van der Waals surface area contributed by atoms with Crippen LogP contribution >= 0.6 is 11.8 Å². The summed E-state index contributed by atoms with van der Waals surface area (Å²) in [5, 5.41) is 5.89. The van der Waals surface area contributed by atoms with Crippen LogP contribution in [0, 0.1) is 13.8 Å². The first kappa shape index (κ1) is 27.0. The number of carbonyl (C=O) groups excluding carboxylic acids is 1. The molecule has 6 rings (SSSR count). The molecule has 5 aromatic rings. The zero-order chi connectivity index (χ0) is 28.2. The lowest BCUT2D eigenvalue weighted by molar-refractivity contribution is -0.128. The summed E-state index contributed by atoms with van der Waals surface area (Å²) in [5.41, 5.74) is 5.09. The third-order valence-corrected chi connectivity index (χ3v) is 8.46. The maximum Gasteiger partial charge on any atom is 0.232 e. The Balaban J connectivity index is 1.30. The van der Waals surface area contributed by atoms with Gasteiger partial charge in [0, 0.05) is 37.5 Å². The van der Waals surface area contributed by atoms with Crippen LogP contribution < -0.4 is 4.90 Å². The Bertz CT molecular complexity index is 1640. The SMILES string of the molecule is Cc1ccc(Cc2nc(N3CCCN(C(=O)CSc4ccccc4)CC3)c3c(C)nn(-c4ccccc4)c3n2)cc1. The second-order valence-electron chi connectivity index (χ2n) is 10.5. The number of nitrogens with zero attached hydrogens (tertiary/aromatic N) is 6. The number of fused-ring (bicyclic) bond motifs is 1. The molecule has 0 atom stereocenters. The van der Waals surface area contributed by atoms with E-state index in [1.165, 1.54) is 11.1 Å². The second kappa shape index (κ2) is 12.1. The first-order valence-electron chi connectivity index (χ1n) is 14.1. The molecule has 208 valence electrons. The lowest BCUT2D eigenvalue weighted by atomic mass is 10.1. The zero-order valence-corrected chi connectivity index (χ0v) is 24.3. The van der Waals surface area contributed by atoms with Gasteiger partial charge in [-0.1, -0.05) is 66.2 Å². The van der Waals surface area contributed by atoms with Gasteiger partial charge in [0.25, 0.3) is 0 Å². The number of hydrogen-bond acceptors (Lipinski definition) is 6. The molecule has 0 radical (unpaired) electrons. The molecule has 0 unspecified atom stereocenters. The van der Waals surface area contributed by atoms with E-state index in [9.17, 15) is 4.79 Å². The van der Waals surface area contributed by atoms with Crippen LogP contribution in [0.5, 0.6) is 0 Å². The molecule has 0 bridgehead atoms. The third-order valence-electron chi connectivity index (χ3n) is 7.47. The second-order valence-corrected chi connectivity index (χ2v) is 11.5. The fourth-order valence-electron chi connectivity index (χ4n) is 5.28. The van der Waals surface area contributed by atoms with E-state index in [1.54, 1.807) is 11.8 Å². The Kier molecular flexibility index (Phi) is 8.00. The summed E-state index contributed by atoms with van der Waals surface area (Å²) in [5.74, 6) is 2.31. The summed E-state index contributed by atoms with van der Waals surface area (Å²) < 4.78 is 1.93. The van der Waals surface area contributed by atoms with E-state index < -0.39 is 0 Å². The summed E-state index contributed by atoms with van der Waals surface area (Å²) in [6.45, 7) is 7.08. The minimum absolute atomic E-state index is 0.182. The molecular formula is C33H34N6OS. The van der Waals surface area contributed by atoms with Crippen molar-refractivity contribution in [2.24, 2.45) is 0 Å². The number of carbonyl (C=O) groups is 1. The van der Waals surface area contributed by atoms with E-state index in [2.05, 4.69) is 60.4 Å². The van der Waals surface area contributed by atoms with E-state index in [1.807, 2.05) is 52.9 Å². The van der Waals surface area contributed by atoms with E-state index in [4.69, 9.17) is 15.1 Å². The maximum absolute atomic E-state index is 13.1. The third kappa shape index (κ3) is 6.12. The standard InChI is InChI=1S/C33H34N6OS/c1-24-14-16-26(17-15-24)22-29-34-32(31-25(2)36-39(33(31)35-29)27-10-5-3-6-11-27)38-19-9-18-37(20-21-38)30(40)23-41-28-12-7-4-8-13-28/h3-8,10-17H,9,18-23H2,1-2H3. The Labute approximate surface area is 245 Å². The number of rotatable bonds is 7. The number of thioether (sulfide) groups is 1. The molecule has 0 aliphatic carbocycles. The van der Waals surface area contributed by atoms with Crippen molar-refractivity contribution in [1.29, 1.82) is 0 Å². The highest BCUT2D eigenvalue weighted by molar-refractivity contribution is 8.00. The average Bonchev–Trinajstić information content (AvgIpc) is 3.16. The predicted octanol–water partition coefficient (Wildman–Crippen LogP) is 5.85. The van der Waals surface area contributed by atoms with Crippen LogP contribution in [0.4, 0.5) is 5.82 Å². The predicted molar refractivity (Wildman–Crippen MR) is 166 cm³/mol. The molecule has 0 spiro atoms. The molecule has 1 aliphatic heterocycles. The van der Waals surface area contributed by atoms with Gasteiger partial charge in [-0.3, -0.25) is 4.79 Å². The van der Waals surface area contributed by atoms with Crippen LogP contribution in [-0.2, 0) is 11.2 Å². The number of para-hydroxylation sites is 1. The molecule has 1 saturated heterocycles. The Hall–Kier alpha value is -4.17. The van der Waals surface area contributed by atoms with Gasteiger partial charge >= 0.3 is 0 Å². The van der Waals surface area contributed by atoms with Crippen molar-refractivity contribution in [3.8, 4) is 5.69 Å². The topological polar surface area (TPSA) is 67.2 Å². The highest BCUT2D eigenvalue weighted by Gasteiger charge is 2.25. The van der Waals surface area contributed by atoms with E-state index in [0.29, 0.717) is 25.3 Å². The number of anilines is 1. The van der Waals surface area contributed by atoms with Gasteiger partial charge in [-0.05, 0) is 50.1 Å². The van der Waals surface area contributed by atoms with Crippen molar-refractivity contribution in [2.75, 3.05) is 36.8 Å². The van der Waals surface area contributed by atoms with Crippen molar-refractivity contribution >= 4 is 34.5 Å². The normalized spacial score (nSPS) is 13.9. The Morgan fingerprint density at radius 2 is 1.56 bits per heavy atom. The van der Waals surface area contributed by atoms with Crippen molar-refractivity contribution in [3.05, 3.63) is 108 Å². The molecular weight excluding hydrogens is 528 g/mol. The van der Waals surface area contributed by atoms with Crippen molar-refractivity contribution in [3.63, 3.8) is 0 Å². The molecule has 3 aromatic carbocycles. The molecule has 41 heavy (non-hydrogen) atoms. The zero-order valence-electron chi connectivity index (χ0n) is 23.5. The Morgan fingerprint density at radius 3 is 2.32 bits per heavy atom. The molecule has 8 heteroatoms. The van der Waals surface area contributed by atoms with Crippen LogP contribution in [0.25, 0.3) is 16.7 Å². The van der Waals surface area contributed by atoms with Gasteiger partial charge in [-0.25, -0.2) is 14.6 Å². The number of amides is 1. The first-order valence-corrected chi connectivity index (χ1v) is 15.1. The summed E-state index contributed by atoms with van der Waals surface area (Å²) in [6, 6.07) is 28.8. The van der Waals surface area contributed by atoms with E-state index in [0.717, 1.165) is 58.5 Å². The van der Waals surface area contributed by atoms with Crippen LogP contribution in [-0.4, -0.2) is 62.5 Å². The molecule has 7 nitrogen and oxygen atoms in total. The van der Waals surface area contributed by atoms with Gasteiger partial charge < -0.3 is 9.80 Å². The number of benzene rings is 3. The molecule has 3 heterocycles. The molecule has 1 fully saturated rings. The van der Waals surface area contributed by atoms with Gasteiger partial charge in [0.15, 0.2) is 5.65 Å². The summed E-state index contributed by atoms with van der Waals surface area (Å²) in [7, 11) is 0. The molecule has 0 saturated carbocycles. The monoisotopic (exact) mass is 562 g/mol. The fourth-order valence-corrected chi connectivity index (χ4v) is 6.11. The van der Waals surface area contributed by atoms with Crippen LogP contribution in [0.1, 0.15) is 29.1 Å². The highest BCUT2D eigenvalue weighted by Crippen LogP contribution is 2.30. The fraction of sp³-hybridized carbons (Fsp3) is 0.273. The molecule has 1 amide bonds. The van der Waals surface area contributed by atoms with E-state index >= 15 is 0 Å². The smallest absolute Gasteiger partial charge is 0.232 e. The van der Waals surface area contributed by atoms with Gasteiger partial charge in [0.1, 0.15) is 11.6 Å². The van der Waals surface area contributed by atoms with Crippen LogP contribution in [0.15, 0.2) is 89.8 Å². The van der Waals surface area contributed by atoms with Gasteiger partial charge in [0.05, 0.1) is 22.5 Å². The largest absolute Gasteiger partial charge is 0.354 e. The molecule has 0 N–H and O–H groups in total. The van der Waals surface area contributed by atoms with E-state index in [-0.39, 0.29) is 5.91 Å². The lowest BCUT2D eigenvalue weighted by Crippen LogP contribution is -2.36. The molecule has 2 aromatic heterocycles. The minimum atomic E-state index is 0.182. The minimum Gasteiger partial charge on any atom is -0.354 e. The number of aromatic nitrogens is 4. The summed E-state index contributed by atoms with van der Waals surface area (Å²) in [4.78, 5) is 28.8. The summed E-state index contributed by atoms with van der Waals surface area (Å²) >= 11 is 1.60. The Morgan fingerprint density at radius 1 is 0.829 bits per heavy atom. The number of hydrogen-bond donors (Lipinski definition) is 0. The van der Waals surface area contributed by atoms with Gasteiger partial charge in [0.2, 0.25) is 5.91 Å². The van der Waals surface area contributed by atoms with Crippen molar-refractivity contribution < 1.29 is 4.79 Å². The molecule has 1 aliphatic rings. The van der Waals surface area contributed by atoms with Gasteiger partial charge in [-0.2, -0.15) is 5.10 Å². The van der Waals surface area contributed by atoms with Crippen LogP contribution in [0.2, 0.25) is 0 Å². The average molecular weight is 563 g/mol. The summed E-state index contributed by atoms with van der Waals surface area (Å²) in [6.07, 6.45) is 1.52. The highest BCUT2D eigenvalue weighted by atomic mass is 32.2. The van der Waals surface area contributed by atoms with Crippen LogP contribution in [0.3, 0.4) is 0 Å². The number of aryl methyl sites for hydroxylation is 2. The lowest BCUT2D eigenvalue weighted by Gasteiger charge is -2.24.